The molecule has 1 unspecified atom stereocenters. The Morgan fingerprint density at radius 2 is 2.30 bits per heavy atom. The molecular formula is C13H20N4O3. The van der Waals surface area contributed by atoms with Crippen molar-refractivity contribution in [3.05, 3.63) is 17.0 Å². The number of amides is 1. The fourth-order valence-corrected chi connectivity index (χ4v) is 2.90. The van der Waals surface area contributed by atoms with Crippen LogP contribution >= 0.6 is 0 Å². The number of hydrogen-bond donors (Lipinski definition) is 2. The summed E-state index contributed by atoms with van der Waals surface area (Å²) >= 11 is 0. The minimum absolute atomic E-state index is 0.110. The highest BCUT2D eigenvalue weighted by molar-refractivity contribution is 5.93. The van der Waals surface area contributed by atoms with Crippen molar-refractivity contribution in [2.24, 2.45) is 0 Å². The molecule has 0 saturated heterocycles. The van der Waals surface area contributed by atoms with Gasteiger partial charge >= 0.3 is 0 Å². The lowest BCUT2D eigenvalue weighted by molar-refractivity contribution is -0.159. The van der Waals surface area contributed by atoms with Crippen molar-refractivity contribution in [1.29, 1.82) is 0 Å². The van der Waals surface area contributed by atoms with Gasteiger partial charge in [-0.3, -0.25) is 14.3 Å². The molecule has 20 heavy (non-hydrogen) atoms. The molecule has 0 saturated carbocycles. The van der Waals surface area contributed by atoms with Crippen LogP contribution in [-0.2, 0) is 23.3 Å². The summed E-state index contributed by atoms with van der Waals surface area (Å²) in [5, 5.41) is 18.5. The van der Waals surface area contributed by atoms with Gasteiger partial charge in [0, 0.05) is 31.1 Å². The molecule has 1 atom stereocenters. The van der Waals surface area contributed by atoms with Gasteiger partial charge in [-0.15, -0.1) is 0 Å². The van der Waals surface area contributed by atoms with Crippen molar-refractivity contribution >= 4 is 5.91 Å². The van der Waals surface area contributed by atoms with Gasteiger partial charge in [0.2, 0.25) is 0 Å². The van der Waals surface area contributed by atoms with Crippen molar-refractivity contribution < 1.29 is 14.7 Å². The number of carbonyl (C=O) groups excluding carboxylic acids is 1. The van der Waals surface area contributed by atoms with Gasteiger partial charge in [0.15, 0.2) is 0 Å². The van der Waals surface area contributed by atoms with Crippen LogP contribution in [0.25, 0.3) is 0 Å². The Morgan fingerprint density at radius 3 is 3.00 bits per heavy atom. The van der Waals surface area contributed by atoms with Crippen LogP contribution in [0, 0.1) is 0 Å². The van der Waals surface area contributed by atoms with Crippen LogP contribution in [0.5, 0.6) is 0 Å². The molecule has 1 amide bonds. The largest absolute Gasteiger partial charge is 0.393 e. The molecule has 1 aromatic heterocycles. The quantitative estimate of drug-likeness (QED) is 0.734. The first-order valence-electron chi connectivity index (χ1n) is 6.80. The minimum Gasteiger partial charge on any atom is -0.393 e. The van der Waals surface area contributed by atoms with Crippen LogP contribution in [-0.4, -0.2) is 52.2 Å². The van der Waals surface area contributed by atoms with E-state index in [9.17, 15) is 9.90 Å². The highest BCUT2D eigenvalue weighted by Gasteiger charge is 2.38. The molecule has 7 heteroatoms. The summed E-state index contributed by atoms with van der Waals surface area (Å²) in [7, 11) is 1.57. The highest BCUT2D eigenvalue weighted by atomic mass is 16.7. The Labute approximate surface area is 117 Å². The predicted molar refractivity (Wildman–Crippen MR) is 71.0 cm³/mol. The van der Waals surface area contributed by atoms with E-state index >= 15 is 0 Å². The molecule has 0 aromatic carbocycles. The van der Waals surface area contributed by atoms with E-state index in [1.807, 2.05) is 0 Å². The second kappa shape index (κ2) is 4.54. The molecule has 2 N–H and O–H groups in total. The van der Waals surface area contributed by atoms with E-state index in [1.54, 1.807) is 11.7 Å². The summed E-state index contributed by atoms with van der Waals surface area (Å²) in [5.74, 6) is -0.214. The number of nitrogens with zero attached hydrogens (tertiary/aromatic N) is 3. The molecule has 110 valence electrons. The average molecular weight is 280 g/mol. The van der Waals surface area contributed by atoms with Crippen LogP contribution in [0.2, 0.25) is 0 Å². The van der Waals surface area contributed by atoms with Crippen molar-refractivity contribution in [3.8, 4) is 0 Å². The minimum atomic E-state index is -0.456. The summed E-state index contributed by atoms with van der Waals surface area (Å²) in [6, 6.07) is 0. The van der Waals surface area contributed by atoms with E-state index in [-0.39, 0.29) is 17.9 Å². The molecular weight excluding hydrogens is 260 g/mol. The maximum absolute atomic E-state index is 12.5. The van der Waals surface area contributed by atoms with E-state index in [1.165, 1.54) is 5.06 Å². The summed E-state index contributed by atoms with van der Waals surface area (Å²) in [6.45, 7) is 5.92. The number of aromatic nitrogens is 2. The Balaban J connectivity index is 2.14. The van der Waals surface area contributed by atoms with Crippen LogP contribution < -0.4 is 5.32 Å². The first kappa shape index (κ1) is 13.5. The molecule has 7 nitrogen and oxygen atoms in total. The van der Waals surface area contributed by atoms with Crippen LogP contribution in [0.15, 0.2) is 0 Å². The molecule has 3 rings (SSSR count). The topological polar surface area (TPSA) is 79.6 Å². The zero-order valence-electron chi connectivity index (χ0n) is 12.0. The maximum Gasteiger partial charge on any atom is 0.295 e. The molecule has 2 aliphatic heterocycles. The first-order valence-corrected chi connectivity index (χ1v) is 6.80. The molecule has 3 heterocycles. The third-order valence-corrected chi connectivity index (χ3v) is 3.94. The number of hydroxylamine groups is 2. The Morgan fingerprint density at radius 1 is 1.55 bits per heavy atom. The van der Waals surface area contributed by atoms with Crippen LogP contribution in [0.1, 0.15) is 35.6 Å². The van der Waals surface area contributed by atoms with E-state index in [2.05, 4.69) is 24.3 Å². The molecule has 0 fully saturated rings. The normalized spacial score (nSPS) is 25.1. The standard InChI is InChI=1S/C13H20N4O3/c1-13(2)7-14-4-9-10-12(19)16(3)20-8(6-18)5-17(10)15-11(9)13/h8,14,18H,4-7H2,1-3H3. The number of aliphatic hydroxyl groups is 1. The second-order valence-electron chi connectivity index (χ2n) is 6.06. The summed E-state index contributed by atoms with van der Waals surface area (Å²) in [5.41, 5.74) is 2.37. The van der Waals surface area contributed by atoms with Crippen molar-refractivity contribution in [3.63, 3.8) is 0 Å². The zero-order chi connectivity index (χ0) is 14.5. The number of hydrogen-bond acceptors (Lipinski definition) is 5. The number of aliphatic hydroxyl groups excluding tert-OH is 1. The summed E-state index contributed by atoms with van der Waals surface area (Å²) < 4.78 is 1.69. The summed E-state index contributed by atoms with van der Waals surface area (Å²) in [6.07, 6.45) is -0.456. The summed E-state index contributed by atoms with van der Waals surface area (Å²) in [4.78, 5) is 17.9. The lowest BCUT2D eigenvalue weighted by atomic mass is 9.83. The molecule has 1 aromatic rings. The van der Waals surface area contributed by atoms with Gasteiger partial charge in [0.25, 0.3) is 5.91 Å². The smallest absolute Gasteiger partial charge is 0.295 e. The van der Waals surface area contributed by atoms with Crippen molar-refractivity contribution in [2.75, 3.05) is 20.2 Å². The third-order valence-electron chi connectivity index (χ3n) is 3.94. The number of nitrogens with one attached hydrogen (secondary N) is 1. The lowest BCUT2D eigenvalue weighted by Crippen LogP contribution is -2.39. The molecule has 0 bridgehead atoms. The predicted octanol–water partition coefficient (Wildman–Crippen LogP) is -0.358. The van der Waals surface area contributed by atoms with E-state index in [0.717, 1.165) is 17.8 Å². The van der Waals surface area contributed by atoms with Crippen LogP contribution in [0.3, 0.4) is 0 Å². The SMILES string of the molecule is CN1OC(CO)Cn2nc3c(c2C1=O)CNCC3(C)C. The van der Waals surface area contributed by atoms with E-state index in [0.29, 0.717) is 18.8 Å². The van der Waals surface area contributed by atoms with Gasteiger partial charge in [0.1, 0.15) is 11.8 Å². The van der Waals surface area contributed by atoms with Gasteiger partial charge in [-0.2, -0.15) is 5.10 Å². The zero-order valence-corrected chi connectivity index (χ0v) is 12.0. The fraction of sp³-hybridized carbons (Fsp3) is 0.692. The number of rotatable bonds is 1. The monoisotopic (exact) mass is 280 g/mol. The van der Waals surface area contributed by atoms with E-state index in [4.69, 9.17) is 4.84 Å². The van der Waals surface area contributed by atoms with Gasteiger partial charge in [0.05, 0.1) is 18.8 Å². The molecule has 0 radical (unpaired) electrons. The van der Waals surface area contributed by atoms with Crippen LogP contribution in [0.4, 0.5) is 0 Å². The molecule has 2 aliphatic rings. The first-order chi connectivity index (χ1) is 9.44. The van der Waals surface area contributed by atoms with Gasteiger partial charge in [-0.1, -0.05) is 13.8 Å². The highest BCUT2D eigenvalue weighted by Crippen LogP contribution is 2.32. The third kappa shape index (κ3) is 1.93. The van der Waals surface area contributed by atoms with E-state index < -0.39 is 6.10 Å². The lowest BCUT2D eigenvalue weighted by Gasteiger charge is -2.29. The Bertz CT molecular complexity index is 552. The second-order valence-corrected chi connectivity index (χ2v) is 6.06. The number of fused-ring (bicyclic) bond motifs is 3. The number of carbonyl (C=O) groups is 1. The van der Waals surface area contributed by atoms with Crippen molar-refractivity contribution in [2.45, 2.75) is 38.5 Å². The Hall–Kier alpha value is -1.44. The fourth-order valence-electron chi connectivity index (χ4n) is 2.90. The maximum atomic E-state index is 12.5. The van der Waals surface area contributed by atoms with Gasteiger partial charge in [-0.05, 0) is 0 Å². The van der Waals surface area contributed by atoms with Gasteiger partial charge in [-0.25, -0.2) is 5.06 Å². The average Bonchev–Trinajstić information content (AvgIpc) is 2.71. The van der Waals surface area contributed by atoms with Crippen molar-refractivity contribution in [1.82, 2.24) is 20.2 Å². The van der Waals surface area contributed by atoms with Gasteiger partial charge < -0.3 is 10.4 Å². The molecule has 0 spiro atoms. The Kier molecular flexibility index (Phi) is 3.07. The molecule has 0 aliphatic carbocycles.